The van der Waals surface area contributed by atoms with E-state index in [4.69, 9.17) is 14.0 Å². The molecule has 1 aromatic rings. The molecule has 3 heterocycles. The van der Waals surface area contributed by atoms with E-state index in [1.54, 1.807) is 4.90 Å². The van der Waals surface area contributed by atoms with Gasteiger partial charge >= 0.3 is 0 Å². The number of carbonyl (C=O) groups is 3. The summed E-state index contributed by atoms with van der Waals surface area (Å²) in [5.41, 5.74) is 0. The first-order valence-corrected chi connectivity index (χ1v) is 12.0. The predicted molar refractivity (Wildman–Crippen MR) is 119 cm³/mol. The van der Waals surface area contributed by atoms with Gasteiger partial charge < -0.3 is 24.2 Å². The van der Waals surface area contributed by atoms with Gasteiger partial charge in [0.05, 0.1) is 19.3 Å². The van der Waals surface area contributed by atoms with Gasteiger partial charge in [-0.25, -0.2) is 0 Å². The van der Waals surface area contributed by atoms with Crippen molar-refractivity contribution in [2.75, 3.05) is 39.5 Å². The molecule has 2 atom stereocenters. The fourth-order valence-electron chi connectivity index (χ4n) is 4.19. The van der Waals surface area contributed by atoms with Crippen molar-refractivity contribution in [3.63, 3.8) is 0 Å². The highest BCUT2D eigenvalue weighted by molar-refractivity contribution is 5.99. The molecule has 1 N–H and O–H groups in total. The van der Waals surface area contributed by atoms with Crippen LogP contribution in [-0.4, -0.2) is 78.2 Å². The number of hydrogen-bond donors (Lipinski definition) is 1. The van der Waals surface area contributed by atoms with Crippen LogP contribution in [0.1, 0.15) is 75.3 Å². The van der Waals surface area contributed by atoms with Crippen molar-refractivity contribution in [1.29, 1.82) is 0 Å². The van der Waals surface area contributed by atoms with E-state index in [1.165, 1.54) is 0 Å². The monoisotopic (exact) mass is 464 g/mol. The minimum Gasteiger partial charge on any atom is -0.381 e. The van der Waals surface area contributed by atoms with Gasteiger partial charge in [0.15, 0.2) is 0 Å². The van der Waals surface area contributed by atoms with Gasteiger partial charge in [-0.2, -0.15) is 4.98 Å². The lowest BCUT2D eigenvalue weighted by atomic mass is 9.86. The Morgan fingerprint density at radius 3 is 2.36 bits per heavy atom. The topological polar surface area (TPSA) is 124 Å². The van der Waals surface area contributed by atoms with Gasteiger partial charge in [-0.3, -0.25) is 14.4 Å². The lowest BCUT2D eigenvalue weighted by Gasteiger charge is -2.30. The number of morpholine rings is 1. The third-order valence-corrected chi connectivity index (χ3v) is 6.31. The average molecular weight is 465 g/mol. The molecule has 2 saturated heterocycles. The Morgan fingerprint density at radius 2 is 1.76 bits per heavy atom. The molecule has 2 aliphatic rings. The van der Waals surface area contributed by atoms with Crippen LogP contribution >= 0.6 is 0 Å². The Hall–Kier alpha value is -2.33. The zero-order chi connectivity index (χ0) is 23.8. The molecular formula is C23H36N4O6. The normalized spacial score (nSPS) is 19.3. The van der Waals surface area contributed by atoms with Gasteiger partial charge in [0.2, 0.25) is 29.3 Å². The highest BCUT2D eigenvalue weighted by Gasteiger charge is 2.32. The van der Waals surface area contributed by atoms with Crippen LogP contribution in [0, 0.1) is 11.8 Å². The highest BCUT2D eigenvalue weighted by atomic mass is 16.5. The molecule has 3 rings (SSSR count). The SMILES string of the molecule is CC[C@@H](NC(=O)[C@H](CC(=O)N1CCOCC1)CC1CCOCC1)C(=O)c1noc(C(C)C)n1. The lowest BCUT2D eigenvalue weighted by molar-refractivity contribution is -0.140. The summed E-state index contributed by atoms with van der Waals surface area (Å²) in [5, 5.41) is 6.65. The van der Waals surface area contributed by atoms with E-state index in [9.17, 15) is 14.4 Å². The number of amides is 2. The van der Waals surface area contributed by atoms with E-state index < -0.39 is 12.0 Å². The molecule has 2 aliphatic heterocycles. The molecule has 184 valence electrons. The van der Waals surface area contributed by atoms with E-state index in [2.05, 4.69) is 15.5 Å². The summed E-state index contributed by atoms with van der Waals surface area (Å²) in [7, 11) is 0. The van der Waals surface area contributed by atoms with Crippen molar-refractivity contribution >= 4 is 17.6 Å². The van der Waals surface area contributed by atoms with E-state index in [0.29, 0.717) is 64.2 Å². The molecular weight excluding hydrogens is 428 g/mol. The first-order chi connectivity index (χ1) is 15.9. The highest BCUT2D eigenvalue weighted by Crippen LogP contribution is 2.26. The Bertz CT molecular complexity index is 799. The maximum atomic E-state index is 13.3. The Labute approximate surface area is 194 Å². The second-order valence-corrected chi connectivity index (χ2v) is 9.13. The van der Waals surface area contributed by atoms with Crippen molar-refractivity contribution in [3.05, 3.63) is 11.7 Å². The number of nitrogens with zero attached hydrogens (tertiary/aromatic N) is 3. The molecule has 1 aromatic heterocycles. The van der Waals surface area contributed by atoms with Gasteiger partial charge in [-0.15, -0.1) is 0 Å². The fraction of sp³-hybridized carbons (Fsp3) is 0.783. The summed E-state index contributed by atoms with van der Waals surface area (Å²) in [6.45, 7) is 9.05. The largest absolute Gasteiger partial charge is 0.381 e. The van der Waals surface area contributed by atoms with Crippen molar-refractivity contribution in [3.8, 4) is 0 Å². The zero-order valence-electron chi connectivity index (χ0n) is 19.9. The Morgan fingerprint density at radius 1 is 1.09 bits per heavy atom. The van der Waals surface area contributed by atoms with E-state index in [0.717, 1.165) is 12.8 Å². The van der Waals surface area contributed by atoms with E-state index in [-0.39, 0.29) is 35.8 Å². The predicted octanol–water partition coefficient (Wildman–Crippen LogP) is 1.95. The van der Waals surface area contributed by atoms with Crippen molar-refractivity contribution in [1.82, 2.24) is 20.4 Å². The van der Waals surface area contributed by atoms with Crippen molar-refractivity contribution < 1.29 is 28.4 Å². The Balaban J connectivity index is 1.68. The molecule has 0 unspecified atom stereocenters. The van der Waals surface area contributed by atoms with Gasteiger partial charge in [0.25, 0.3) is 0 Å². The summed E-state index contributed by atoms with van der Waals surface area (Å²) in [5.74, 6) is -0.560. The second kappa shape index (κ2) is 12.2. The van der Waals surface area contributed by atoms with Crippen molar-refractivity contribution in [2.24, 2.45) is 11.8 Å². The van der Waals surface area contributed by atoms with Crippen LogP contribution in [0.5, 0.6) is 0 Å². The van der Waals surface area contributed by atoms with Crippen LogP contribution in [0.25, 0.3) is 0 Å². The number of rotatable bonds is 10. The molecule has 0 saturated carbocycles. The van der Waals surface area contributed by atoms with Crippen LogP contribution < -0.4 is 5.32 Å². The number of nitrogens with one attached hydrogen (secondary N) is 1. The summed E-state index contributed by atoms with van der Waals surface area (Å²) in [6.07, 6.45) is 2.83. The molecule has 2 fully saturated rings. The molecule has 0 radical (unpaired) electrons. The number of ether oxygens (including phenoxy) is 2. The standard InChI is InChI=1S/C23H36N4O6/c1-4-18(20(29)21-25-23(15(2)3)33-26-21)24-22(30)17(13-16-5-9-31-10-6-16)14-19(28)27-7-11-32-12-8-27/h15-18H,4-14H2,1-3H3,(H,24,30)/t17-,18+/m0/s1. The molecule has 33 heavy (non-hydrogen) atoms. The first-order valence-electron chi connectivity index (χ1n) is 12.0. The maximum Gasteiger partial charge on any atom is 0.240 e. The summed E-state index contributed by atoms with van der Waals surface area (Å²) >= 11 is 0. The van der Waals surface area contributed by atoms with E-state index >= 15 is 0 Å². The number of carbonyl (C=O) groups excluding carboxylic acids is 3. The third kappa shape index (κ3) is 7.07. The summed E-state index contributed by atoms with van der Waals surface area (Å²) < 4.78 is 15.9. The number of hydrogen-bond acceptors (Lipinski definition) is 8. The summed E-state index contributed by atoms with van der Waals surface area (Å²) in [6, 6.07) is -0.772. The van der Waals surface area contributed by atoms with Crippen LogP contribution in [0.3, 0.4) is 0 Å². The molecule has 0 bridgehead atoms. The molecule has 0 aromatic carbocycles. The second-order valence-electron chi connectivity index (χ2n) is 9.13. The van der Waals surface area contributed by atoms with E-state index in [1.807, 2.05) is 20.8 Å². The molecule has 10 nitrogen and oxygen atoms in total. The smallest absolute Gasteiger partial charge is 0.240 e. The summed E-state index contributed by atoms with van der Waals surface area (Å²) in [4.78, 5) is 45.0. The maximum absolute atomic E-state index is 13.3. The Kier molecular flexibility index (Phi) is 9.37. The minimum atomic E-state index is -0.772. The van der Waals surface area contributed by atoms with Crippen LogP contribution in [-0.2, 0) is 19.1 Å². The van der Waals surface area contributed by atoms with Crippen LogP contribution in [0.4, 0.5) is 0 Å². The van der Waals surface area contributed by atoms with Gasteiger partial charge in [0.1, 0.15) is 0 Å². The average Bonchev–Trinajstić information content (AvgIpc) is 3.33. The third-order valence-electron chi connectivity index (χ3n) is 6.31. The van der Waals surface area contributed by atoms with Crippen molar-refractivity contribution in [2.45, 2.75) is 64.8 Å². The molecule has 0 spiro atoms. The zero-order valence-corrected chi connectivity index (χ0v) is 19.9. The van der Waals surface area contributed by atoms with Gasteiger partial charge in [-0.05, 0) is 31.6 Å². The van der Waals surface area contributed by atoms with Crippen LogP contribution in [0.15, 0.2) is 4.52 Å². The van der Waals surface area contributed by atoms with Gasteiger partial charge in [0, 0.05) is 44.6 Å². The molecule has 2 amide bonds. The fourth-order valence-corrected chi connectivity index (χ4v) is 4.19. The lowest BCUT2D eigenvalue weighted by Crippen LogP contribution is -2.46. The number of Topliss-reactive ketones (excluding diaryl/α,β-unsaturated/α-hetero) is 1. The number of ketones is 1. The van der Waals surface area contributed by atoms with Crippen LogP contribution in [0.2, 0.25) is 0 Å². The first kappa shape index (κ1) is 25.3. The molecule has 10 heteroatoms. The quantitative estimate of drug-likeness (QED) is 0.521. The minimum absolute atomic E-state index is 0.00349. The van der Waals surface area contributed by atoms with Gasteiger partial charge in [-0.1, -0.05) is 25.9 Å². The number of aromatic nitrogens is 2. The molecule has 0 aliphatic carbocycles.